The number of hydrogen-bond donors (Lipinski definition) is 0. The Morgan fingerprint density at radius 1 is 1.67 bits per heavy atom. The van der Waals surface area contributed by atoms with Crippen LogP contribution in [0.4, 0.5) is 0 Å². The maximum Gasteiger partial charge on any atom is 0.218 e. The molecule has 0 radical (unpaired) electrons. The molecule has 0 aliphatic rings. The fraction of sp³-hybridized carbons (Fsp3) is 0.250. The summed E-state index contributed by atoms with van der Waals surface area (Å²) >= 11 is 5.62. The van der Waals surface area contributed by atoms with Gasteiger partial charge < -0.3 is 9.53 Å². The van der Waals surface area contributed by atoms with Gasteiger partial charge in [0.05, 0.1) is 7.11 Å². The molecule has 0 aliphatic carbocycles. The second-order valence-electron chi connectivity index (χ2n) is 2.17. The van der Waals surface area contributed by atoms with Crippen molar-refractivity contribution in [1.29, 1.82) is 0 Å². The van der Waals surface area contributed by atoms with E-state index >= 15 is 0 Å². The zero-order chi connectivity index (χ0) is 8.97. The number of methoxy groups -OCH3 is 1. The standard InChI is InChI=1S/C8H8ClNO2/c1-12-8-6(4-5-11)2-3-7(9)10-8/h2-3,5H,4H2,1H3. The molecule has 0 fully saturated rings. The monoisotopic (exact) mass is 185 g/mol. The Morgan fingerprint density at radius 3 is 3.00 bits per heavy atom. The number of aromatic nitrogens is 1. The van der Waals surface area contributed by atoms with Crippen molar-refractivity contribution in [3.63, 3.8) is 0 Å². The topological polar surface area (TPSA) is 39.2 Å². The smallest absolute Gasteiger partial charge is 0.218 e. The third kappa shape index (κ3) is 1.95. The van der Waals surface area contributed by atoms with Crippen molar-refractivity contribution < 1.29 is 9.53 Å². The Balaban J connectivity index is 3.01. The van der Waals surface area contributed by atoms with Crippen molar-refractivity contribution in [2.24, 2.45) is 0 Å². The van der Waals surface area contributed by atoms with Crippen LogP contribution in [0.2, 0.25) is 5.15 Å². The zero-order valence-electron chi connectivity index (χ0n) is 6.58. The second kappa shape index (κ2) is 4.07. The number of carbonyl (C=O) groups excluding carboxylic acids is 1. The van der Waals surface area contributed by atoms with Gasteiger partial charge in [-0.1, -0.05) is 17.7 Å². The normalized spacial score (nSPS) is 9.50. The van der Waals surface area contributed by atoms with Gasteiger partial charge in [0.25, 0.3) is 0 Å². The van der Waals surface area contributed by atoms with Gasteiger partial charge in [-0.15, -0.1) is 0 Å². The minimum absolute atomic E-state index is 0.299. The number of rotatable bonds is 3. The molecular weight excluding hydrogens is 178 g/mol. The summed E-state index contributed by atoms with van der Waals surface area (Å²) in [7, 11) is 1.49. The van der Waals surface area contributed by atoms with Crippen LogP contribution in [0.25, 0.3) is 0 Å². The molecule has 3 nitrogen and oxygen atoms in total. The molecule has 0 aliphatic heterocycles. The first-order chi connectivity index (χ1) is 5.77. The van der Waals surface area contributed by atoms with Crippen molar-refractivity contribution >= 4 is 17.9 Å². The Kier molecular flexibility index (Phi) is 3.05. The molecule has 1 aromatic rings. The molecule has 0 aromatic carbocycles. The minimum Gasteiger partial charge on any atom is -0.481 e. The van der Waals surface area contributed by atoms with E-state index in [1.54, 1.807) is 12.1 Å². The fourth-order valence-corrected chi connectivity index (χ4v) is 1.01. The van der Waals surface area contributed by atoms with Crippen LogP contribution >= 0.6 is 11.6 Å². The van der Waals surface area contributed by atoms with E-state index in [2.05, 4.69) is 4.98 Å². The molecule has 0 unspecified atom stereocenters. The molecule has 0 amide bonds. The lowest BCUT2D eigenvalue weighted by molar-refractivity contribution is -0.107. The van der Waals surface area contributed by atoms with Crippen LogP contribution in [0.5, 0.6) is 5.88 Å². The Hall–Kier alpha value is -1.09. The Morgan fingerprint density at radius 2 is 2.42 bits per heavy atom. The summed E-state index contributed by atoms with van der Waals surface area (Å²) in [5.41, 5.74) is 0.747. The Labute approximate surface area is 75.3 Å². The molecule has 0 N–H and O–H groups in total. The predicted octanol–water partition coefficient (Wildman–Crippen LogP) is 1.48. The van der Waals surface area contributed by atoms with E-state index in [9.17, 15) is 4.79 Å². The number of pyridine rings is 1. The number of halogens is 1. The molecule has 0 atom stereocenters. The Bertz CT molecular complexity index is 288. The van der Waals surface area contributed by atoms with E-state index in [-0.39, 0.29) is 0 Å². The van der Waals surface area contributed by atoms with Crippen LogP contribution < -0.4 is 4.74 Å². The molecule has 64 valence electrons. The number of carbonyl (C=O) groups is 1. The van der Waals surface area contributed by atoms with Crippen molar-refractivity contribution in [3.05, 3.63) is 22.8 Å². The van der Waals surface area contributed by atoms with E-state index in [1.165, 1.54) is 7.11 Å². The summed E-state index contributed by atoms with van der Waals surface area (Å²) in [6, 6.07) is 3.35. The molecule has 12 heavy (non-hydrogen) atoms. The lowest BCUT2D eigenvalue weighted by Crippen LogP contribution is -1.95. The zero-order valence-corrected chi connectivity index (χ0v) is 7.34. The summed E-state index contributed by atoms with van der Waals surface area (Å²) in [5, 5.41) is 0.362. The fourth-order valence-electron chi connectivity index (χ4n) is 0.869. The van der Waals surface area contributed by atoms with Gasteiger partial charge in [-0.05, 0) is 6.07 Å². The quantitative estimate of drug-likeness (QED) is 0.529. The van der Waals surface area contributed by atoms with Gasteiger partial charge in [0.1, 0.15) is 11.4 Å². The molecule has 0 spiro atoms. The molecule has 1 aromatic heterocycles. The van der Waals surface area contributed by atoms with Crippen LogP contribution in [-0.2, 0) is 11.2 Å². The van der Waals surface area contributed by atoms with Gasteiger partial charge in [0.2, 0.25) is 5.88 Å². The third-order valence-electron chi connectivity index (χ3n) is 1.40. The van der Waals surface area contributed by atoms with E-state index < -0.39 is 0 Å². The lowest BCUT2D eigenvalue weighted by atomic mass is 10.2. The van der Waals surface area contributed by atoms with Crippen molar-refractivity contribution in [1.82, 2.24) is 4.98 Å². The summed E-state index contributed by atoms with van der Waals surface area (Å²) in [6.07, 6.45) is 1.10. The average Bonchev–Trinajstić information content (AvgIpc) is 2.08. The van der Waals surface area contributed by atoms with Gasteiger partial charge in [0.15, 0.2) is 0 Å². The lowest BCUT2D eigenvalue weighted by Gasteiger charge is -2.03. The highest BCUT2D eigenvalue weighted by Crippen LogP contribution is 2.17. The first kappa shape index (κ1) is 9.00. The van der Waals surface area contributed by atoms with Crippen molar-refractivity contribution in [3.8, 4) is 5.88 Å². The van der Waals surface area contributed by atoms with Crippen molar-refractivity contribution in [2.75, 3.05) is 7.11 Å². The molecular formula is C8H8ClNO2. The molecule has 0 bridgehead atoms. The first-order valence-electron chi connectivity index (χ1n) is 3.41. The summed E-state index contributed by atoms with van der Waals surface area (Å²) in [5.74, 6) is 0.412. The maximum absolute atomic E-state index is 10.2. The number of hydrogen-bond acceptors (Lipinski definition) is 3. The number of ether oxygens (including phenoxy) is 1. The third-order valence-corrected chi connectivity index (χ3v) is 1.61. The van der Waals surface area contributed by atoms with E-state index in [0.29, 0.717) is 17.5 Å². The molecule has 0 saturated carbocycles. The summed E-state index contributed by atoms with van der Waals surface area (Å²) < 4.78 is 4.92. The van der Waals surface area contributed by atoms with Crippen molar-refractivity contribution in [2.45, 2.75) is 6.42 Å². The van der Waals surface area contributed by atoms with Crippen LogP contribution in [-0.4, -0.2) is 18.4 Å². The average molecular weight is 186 g/mol. The van der Waals surface area contributed by atoms with E-state index in [1.807, 2.05) is 0 Å². The number of nitrogens with zero attached hydrogens (tertiary/aromatic N) is 1. The van der Waals surface area contributed by atoms with Gasteiger partial charge in [-0.3, -0.25) is 0 Å². The molecule has 0 saturated heterocycles. The SMILES string of the molecule is COc1nc(Cl)ccc1CC=O. The van der Waals surface area contributed by atoms with Crippen LogP contribution in [0.1, 0.15) is 5.56 Å². The van der Waals surface area contributed by atoms with Gasteiger partial charge >= 0.3 is 0 Å². The highest BCUT2D eigenvalue weighted by atomic mass is 35.5. The minimum atomic E-state index is 0.299. The first-order valence-corrected chi connectivity index (χ1v) is 3.78. The maximum atomic E-state index is 10.2. The summed E-state index contributed by atoms with van der Waals surface area (Å²) in [4.78, 5) is 14.1. The van der Waals surface area contributed by atoms with Gasteiger partial charge in [-0.25, -0.2) is 4.98 Å². The largest absolute Gasteiger partial charge is 0.481 e. The van der Waals surface area contributed by atoms with Crippen LogP contribution in [0.15, 0.2) is 12.1 Å². The van der Waals surface area contributed by atoms with Crippen LogP contribution in [0.3, 0.4) is 0 Å². The predicted molar refractivity (Wildman–Crippen MR) is 45.6 cm³/mol. The van der Waals surface area contributed by atoms with Gasteiger partial charge in [-0.2, -0.15) is 0 Å². The van der Waals surface area contributed by atoms with Gasteiger partial charge in [0, 0.05) is 12.0 Å². The highest BCUT2D eigenvalue weighted by molar-refractivity contribution is 6.29. The molecule has 1 rings (SSSR count). The number of aldehydes is 1. The highest BCUT2D eigenvalue weighted by Gasteiger charge is 2.03. The molecule has 1 heterocycles. The summed E-state index contributed by atoms with van der Waals surface area (Å²) in [6.45, 7) is 0. The van der Waals surface area contributed by atoms with Crippen LogP contribution in [0, 0.1) is 0 Å². The molecule has 4 heteroatoms. The second-order valence-corrected chi connectivity index (χ2v) is 2.56. The van der Waals surface area contributed by atoms with E-state index in [4.69, 9.17) is 16.3 Å². The van der Waals surface area contributed by atoms with E-state index in [0.717, 1.165) is 11.8 Å².